The first kappa shape index (κ1) is 35.1. The van der Waals surface area contributed by atoms with Crippen molar-refractivity contribution < 1.29 is 4.42 Å². The zero-order valence-electron chi connectivity index (χ0n) is 34.5. The second-order valence-electron chi connectivity index (χ2n) is 17.0. The summed E-state index contributed by atoms with van der Waals surface area (Å²) < 4.78 is 9.42. The molecule has 3 heterocycles. The number of aromatic nitrogens is 1. The molecular formula is C59H36N4O. The number of benzene rings is 11. The van der Waals surface area contributed by atoms with E-state index in [-0.39, 0.29) is 0 Å². The Bertz CT molecular complexity index is 4180. The molecule has 298 valence electrons. The Hall–Kier alpha value is -8.54. The van der Waals surface area contributed by atoms with Crippen molar-refractivity contribution in [2.75, 3.05) is 0 Å². The molecule has 0 spiro atoms. The predicted molar refractivity (Wildman–Crippen MR) is 267 cm³/mol. The third-order valence-corrected chi connectivity index (χ3v) is 13.4. The highest BCUT2D eigenvalue weighted by Crippen LogP contribution is 2.42. The summed E-state index contributed by atoms with van der Waals surface area (Å²) in [7, 11) is 0. The maximum Gasteiger partial charge on any atom is 0.159 e. The van der Waals surface area contributed by atoms with Gasteiger partial charge >= 0.3 is 0 Å². The van der Waals surface area contributed by atoms with Crippen LogP contribution in [-0.2, 0) is 0 Å². The van der Waals surface area contributed by atoms with E-state index in [2.05, 4.69) is 216 Å². The van der Waals surface area contributed by atoms with E-state index in [9.17, 15) is 0 Å². The molecule has 5 heteroatoms. The molecule has 0 amide bonds. The minimum Gasteiger partial charge on any atom is -0.454 e. The summed E-state index contributed by atoms with van der Waals surface area (Å²) in [6.07, 6.45) is -0.415. The lowest BCUT2D eigenvalue weighted by molar-refractivity contribution is 0.666. The maximum absolute atomic E-state index is 7.03. The Labute approximate surface area is 366 Å². The number of para-hydroxylation sites is 1. The van der Waals surface area contributed by atoms with Crippen LogP contribution in [0.1, 0.15) is 22.9 Å². The fourth-order valence-corrected chi connectivity index (χ4v) is 10.4. The van der Waals surface area contributed by atoms with Crippen LogP contribution in [0.2, 0.25) is 0 Å². The molecule has 1 aliphatic rings. The van der Waals surface area contributed by atoms with Gasteiger partial charge in [-0.1, -0.05) is 164 Å². The third-order valence-electron chi connectivity index (χ3n) is 13.4. The first-order chi connectivity index (χ1) is 31.7. The molecular weight excluding hydrogens is 781 g/mol. The SMILES string of the molecule is c1ccc2cc3c(cc2c1)c1ccccc1n3-c1cc(C2=NC(c3cccc4ccccc34)NC(c3ccc4c(ccc5ccccc54)c3)=N2)cc2c1oc1ccc3ccccc3c12. The summed E-state index contributed by atoms with van der Waals surface area (Å²) in [5.74, 6) is 1.42. The van der Waals surface area contributed by atoms with Crippen LogP contribution in [-0.4, -0.2) is 16.2 Å². The molecule has 14 rings (SSSR count). The predicted octanol–water partition coefficient (Wildman–Crippen LogP) is 14.9. The van der Waals surface area contributed by atoms with Gasteiger partial charge in [0.1, 0.15) is 17.6 Å². The number of fused-ring (bicyclic) bond motifs is 13. The van der Waals surface area contributed by atoms with Gasteiger partial charge < -0.3 is 14.3 Å². The molecule has 0 bridgehead atoms. The lowest BCUT2D eigenvalue weighted by Gasteiger charge is -2.25. The van der Waals surface area contributed by atoms with Crippen LogP contribution >= 0.6 is 0 Å². The highest BCUT2D eigenvalue weighted by molar-refractivity contribution is 6.24. The summed E-state index contributed by atoms with van der Waals surface area (Å²) >= 11 is 0. The van der Waals surface area contributed by atoms with Crippen molar-refractivity contribution in [3.63, 3.8) is 0 Å². The first-order valence-corrected chi connectivity index (χ1v) is 21.8. The lowest BCUT2D eigenvalue weighted by Crippen LogP contribution is -2.33. The van der Waals surface area contributed by atoms with Gasteiger partial charge in [0, 0.05) is 38.2 Å². The molecule has 0 saturated heterocycles. The summed E-state index contributed by atoms with van der Waals surface area (Å²) in [4.78, 5) is 11.0. The number of furan rings is 1. The zero-order valence-corrected chi connectivity index (χ0v) is 34.5. The van der Waals surface area contributed by atoms with E-state index in [0.717, 1.165) is 82.7 Å². The molecule has 2 aromatic heterocycles. The molecule has 11 aromatic carbocycles. The molecule has 0 fully saturated rings. The summed E-state index contributed by atoms with van der Waals surface area (Å²) in [5.41, 5.74) is 7.79. The van der Waals surface area contributed by atoms with Gasteiger partial charge in [-0.3, -0.25) is 0 Å². The maximum atomic E-state index is 7.03. The number of amidine groups is 2. The van der Waals surface area contributed by atoms with E-state index in [1.807, 2.05) is 0 Å². The van der Waals surface area contributed by atoms with Crippen LogP contribution in [0.5, 0.6) is 0 Å². The largest absolute Gasteiger partial charge is 0.454 e. The van der Waals surface area contributed by atoms with Gasteiger partial charge in [-0.05, 0) is 96.3 Å². The highest BCUT2D eigenvalue weighted by Gasteiger charge is 2.26. The summed E-state index contributed by atoms with van der Waals surface area (Å²) in [5, 5.41) is 20.1. The molecule has 1 aliphatic heterocycles. The molecule has 5 nitrogen and oxygen atoms in total. The molecule has 0 aliphatic carbocycles. The quantitative estimate of drug-likeness (QED) is 0.180. The smallest absolute Gasteiger partial charge is 0.159 e. The summed E-state index contributed by atoms with van der Waals surface area (Å²) in [6, 6.07) is 74.0. The van der Waals surface area contributed by atoms with Gasteiger partial charge in [-0.25, -0.2) is 9.98 Å². The second kappa shape index (κ2) is 13.5. The molecule has 1 unspecified atom stereocenters. The van der Waals surface area contributed by atoms with Gasteiger partial charge in [0.25, 0.3) is 0 Å². The lowest BCUT2D eigenvalue weighted by atomic mass is 9.98. The van der Waals surface area contributed by atoms with E-state index >= 15 is 0 Å². The summed E-state index contributed by atoms with van der Waals surface area (Å²) in [6.45, 7) is 0. The second-order valence-corrected chi connectivity index (χ2v) is 17.0. The van der Waals surface area contributed by atoms with Crippen LogP contribution in [0.3, 0.4) is 0 Å². The van der Waals surface area contributed by atoms with Crippen LogP contribution < -0.4 is 5.32 Å². The average Bonchev–Trinajstić information content (AvgIpc) is 3.90. The average molecular weight is 817 g/mol. The topological polar surface area (TPSA) is 54.8 Å². The molecule has 0 saturated carbocycles. The van der Waals surface area contributed by atoms with Crippen LogP contribution in [0, 0.1) is 0 Å². The number of aliphatic imine (C=N–C) groups is 2. The minimum atomic E-state index is -0.415. The molecule has 64 heavy (non-hydrogen) atoms. The fraction of sp³-hybridized carbons (Fsp3) is 0.0169. The molecule has 0 radical (unpaired) electrons. The Kier molecular flexibility index (Phi) is 7.39. The molecule has 1 N–H and O–H groups in total. The van der Waals surface area contributed by atoms with Crippen molar-refractivity contribution in [1.29, 1.82) is 0 Å². The zero-order chi connectivity index (χ0) is 41.9. The Morgan fingerprint density at radius 1 is 0.422 bits per heavy atom. The number of hydrogen-bond donors (Lipinski definition) is 1. The Morgan fingerprint density at radius 2 is 1.06 bits per heavy atom. The van der Waals surface area contributed by atoms with E-state index in [4.69, 9.17) is 14.4 Å². The van der Waals surface area contributed by atoms with Crippen molar-refractivity contribution in [1.82, 2.24) is 9.88 Å². The van der Waals surface area contributed by atoms with Gasteiger partial charge in [-0.2, -0.15) is 0 Å². The molecule has 13 aromatic rings. The Morgan fingerprint density at radius 3 is 1.91 bits per heavy atom. The van der Waals surface area contributed by atoms with Crippen LogP contribution in [0.15, 0.2) is 221 Å². The molecule has 1 atom stereocenters. The van der Waals surface area contributed by atoms with E-state index in [0.29, 0.717) is 5.84 Å². The van der Waals surface area contributed by atoms with Crippen LogP contribution in [0.25, 0.3) is 103 Å². The Balaban J connectivity index is 1.07. The van der Waals surface area contributed by atoms with Gasteiger partial charge in [-0.15, -0.1) is 0 Å². The fourth-order valence-electron chi connectivity index (χ4n) is 10.4. The highest BCUT2D eigenvalue weighted by atomic mass is 16.3. The number of nitrogens with zero attached hydrogens (tertiary/aromatic N) is 3. The first-order valence-electron chi connectivity index (χ1n) is 21.8. The minimum absolute atomic E-state index is 0.415. The van der Waals surface area contributed by atoms with Crippen molar-refractivity contribution >= 4 is 109 Å². The van der Waals surface area contributed by atoms with E-state index in [1.54, 1.807) is 0 Å². The van der Waals surface area contributed by atoms with Gasteiger partial charge in [0.2, 0.25) is 0 Å². The van der Waals surface area contributed by atoms with E-state index < -0.39 is 6.17 Å². The van der Waals surface area contributed by atoms with Crippen molar-refractivity contribution in [3.05, 3.63) is 223 Å². The van der Waals surface area contributed by atoms with Crippen molar-refractivity contribution in [2.45, 2.75) is 6.17 Å². The van der Waals surface area contributed by atoms with Gasteiger partial charge in [0.15, 0.2) is 11.4 Å². The standard InChI is InChI=1S/C59H36N4O/c1-2-16-39-33-52-49(31-38(39)15-1)47-21-9-10-23-51(47)63(52)53-34-42(32-50-55-46-20-8-5-14-37(46)27-29-54(55)64-56(50)53)58-60-57(61-59(62-58)48-22-11-17-35-12-3-7-19-44(35)48)41-26-28-45-40(30-41)25-24-36-13-4-6-18-43(36)45/h1-34,59H,(H,60,61,62). The van der Waals surface area contributed by atoms with Crippen LogP contribution in [0.4, 0.5) is 0 Å². The monoisotopic (exact) mass is 816 g/mol. The van der Waals surface area contributed by atoms with Gasteiger partial charge in [0.05, 0.1) is 16.7 Å². The third kappa shape index (κ3) is 5.25. The van der Waals surface area contributed by atoms with E-state index in [1.165, 1.54) is 43.1 Å². The normalized spacial score (nSPS) is 14.4. The van der Waals surface area contributed by atoms with Crippen molar-refractivity contribution in [3.8, 4) is 5.69 Å². The van der Waals surface area contributed by atoms with Crippen molar-refractivity contribution in [2.24, 2.45) is 9.98 Å². The number of nitrogens with one attached hydrogen (secondary N) is 1. The number of hydrogen-bond acceptors (Lipinski definition) is 4. The number of rotatable bonds is 4.